The summed E-state index contributed by atoms with van der Waals surface area (Å²) < 4.78 is 4.52. The molecule has 2 aromatic rings. The number of rotatable bonds is 4. The lowest BCUT2D eigenvalue weighted by atomic mass is 9.95. The summed E-state index contributed by atoms with van der Waals surface area (Å²) in [6.45, 7) is 5.10. The molecule has 2 aliphatic rings. The number of hydrogen-bond donors (Lipinski definition) is 2. The number of thioether (sulfide) groups is 1. The van der Waals surface area contributed by atoms with Crippen molar-refractivity contribution >= 4 is 52.7 Å². The average molecular weight is 470 g/mol. The number of carboxylic acid groups (broad SMARTS) is 1. The predicted octanol–water partition coefficient (Wildman–Crippen LogP) is 3.20. The molecule has 1 aromatic carbocycles. The Labute approximate surface area is 185 Å². The summed E-state index contributed by atoms with van der Waals surface area (Å²) in [5, 5.41) is 16.3. The van der Waals surface area contributed by atoms with Gasteiger partial charge in [-0.25, -0.2) is 4.79 Å². The fourth-order valence-corrected chi connectivity index (χ4v) is 6.09. The highest BCUT2D eigenvalue weighted by Gasteiger charge is 2.64. The maximum atomic E-state index is 13.1. The molecule has 2 aliphatic heterocycles. The summed E-state index contributed by atoms with van der Waals surface area (Å²) in [6.07, 6.45) is 0. The van der Waals surface area contributed by atoms with E-state index >= 15 is 0 Å². The van der Waals surface area contributed by atoms with Crippen LogP contribution in [0.2, 0.25) is 10.0 Å². The van der Waals surface area contributed by atoms with E-state index in [1.807, 2.05) is 0 Å². The highest BCUT2D eigenvalue weighted by molar-refractivity contribution is 8.01. The summed E-state index contributed by atoms with van der Waals surface area (Å²) >= 11 is 13.8. The second-order valence-corrected chi connectivity index (χ2v) is 10.2. The third-order valence-corrected chi connectivity index (χ3v) is 7.45. The third kappa shape index (κ3) is 3.07. The van der Waals surface area contributed by atoms with Crippen LogP contribution < -0.4 is 5.32 Å². The van der Waals surface area contributed by atoms with Gasteiger partial charge in [0.25, 0.3) is 5.91 Å². The minimum Gasteiger partial charge on any atom is -0.480 e. The van der Waals surface area contributed by atoms with E-state index in [1.165, 1.54) is 16.7 Å². The van der Waals surface area contributed by atoms with E-state index in [9.17, 15) is 19.5 Å². The number of carbonyl (C=O) groups excluding carboxylic acids is 2. The van der Waals surface area contributed by atoms with Crippen LogP contribution in [0.15, 0.2) is 22.7 Å². The first kappa shape index (κ1) is 21.0. The van der Waals surface area contributed by atoms with Crippen molar-refractivity contribution in [2.75, 3.05) is 0 Å². The second-order valence-electron chi connectivity index (χ2n) is 7.61. The Balaban J connectivity index is 1.62. The van der Waals surface area contributed by atoms with Crippen LogP contribution in [0.4, 0.5) is 0 Å². The van der Waals surface area contributed by atoms with Crippen LogP contribution in [0, 0.1) is 6.92 Å². The summed E-state index contributed by atoms with van der Waals surface area (Å²) in [4.78, 5) is 38.7. The second kappa shape index (κ2) is 7.18. The van der Waals surface area contributed by atoms with Crippen molar-refractivity contribution in [1.82, 2.24) is 15.4 Å². The zero-order valence-corrected chi connectivity index (χ0v) is 18.4. The lowest BCUT2D eigenvalue weighted by Gasteiger charge is -2.43. The molecular formula is C19H17Cl2N3O5S. The maximum absolute atomic E-state index is 13.1. The molecule has 1 aromatic heterocycles. The number of carboxylic acids is 1. The van der Waals surface area contributed by atoms with Crippen molar-refractivity contribution in [3.8, 4) is 11.3 Å². The molecule has 0 aliphatic carbocycles. The van der Waals surface area contributed by atoms with E-state index in [4.69, 9.17) is 27.7 Å². The van der Waals surface area contributed by atoms with Crippen molar-refractivity contribution in [2.24, 2.45) is 0 Å². The Morgan fingerprint density at radius 1 is 1.30 bits per heavy atom. The van der Waals surface area contributed by atoms with Gasteiger partial charge in [0.15, 0.2) is 0 Å². The van der Waals surface area contributed by atoms with E-state index in [0.717, 1.165) is 0 Å². The summed E-state index contributed by atoms with van der Waals surface area (Å²) in [5.41, 5.74) is 0.645. The number of hydrogen-bond acceptors (Lipinski definition) is 6. The summed E-state index contributed by atoms with van der Waals surface area (Å²) in [6, 6.07) is 3.09. The molecule has 3 atom stereocenters. The van der Waals surface area contributed by atoms with E-state index in [-0.39, 0.29) is 17.0 Å². The lowest BCUT2D eigenvalue weighted by molar-refractivity contribution is -0.159. The van der Waals surface area contributed by atoms with Crippen LogP contribution in [0.25, 0.3) is 11.3 Å². The van der Waals surface area contributed by atoms with Crippen molar-refractivity contribution < 1.29 is 24.0 Å². The van der Waals surface area contributed by atoms with Gasteiger partial charge in [0.1, 0.15) is 34.5 Å². The number of nitrogens with zero attached hydrogens (tertiary/aromatic N) is 2. The predicted molar refractivity (Wildman–Crippen MR) is 112 cm³/mol. The molecule has 2 saturated heterocycles. The van der Waals surface area contributed by atoms with E-state index in [0.29, 0.717) is 15.6 Å². The van der Waals surface area contributed by atoms with Gasteiger partial charge >= 0.3 is 5.97 Å². The van der Waals surface area contributed by atoms with Crippen LogP contribution >= 0.6 is 35.0 Å². The smallest absolute Gasteiger partial charge is 0.327 e. The van der Waals surface area contributed by atoms with Gasteiger partial charge in [-0.05, 0) is 32.9 Å². The quantitative estimate of drug-likeness (QED) is 0.660. The van der Waals surface area contributed by atoms with Crippen LogP contribution in [-0.4, -0.2) is 55.2 Å². The monoisotopic (exact) mass is 469 g/mol. The zero-order valence-electron chi connectivity index (χ0n) is 16.1. The Kier molecular flexibility index (Phi) is 5.03. The number of fused-ring (bicyclic) bond motifs is 1. The number of benzene rings is 1. The molecule has 11 heteroatoms. The van der Waals surface area contributed by atoms with Crippen LogP contribution in [0.1, 0.15) is 30.0 Å². The first-order valence-corrected chi connectivity index (χ1v) is 10.6. The third-order valence-electron chi connectivity index (χ3n) is 5.25. The molecule has 0 spiro atoms. The molecule has 2 amide bonds. The number of aliphatic carboxylic acids is 1. The molecule has 1 unspecified atom stereocenters. The van der Waals surface area contributed by atoms with Crippen molar-refractivity contribution in [3.05, 3.63) is 39.6 Å². The van der Waals surface area contributed by atoms with Gasteiger partial charge in [-0.15, -0.1) is 11.8 Å². The molecule has 0 saturated carbocycles. The van der Waals surface area contributed by atoms with Crippen molar-refractivity contribution in [1.29, 1.82) is 0 Å². The molecule has 2 N–H and O–H groups in total. The molecule has 0 radical (unpaired) electrons. The van der Waals surface area contributed by atoms with Gasteiger partial charge in [0.2, 0.25) is 5.91 Å². The Hall–Kier alpha value is -2.23. The molecule has 8 nitrogen and oxygen atoms in total. The maximum Gasteiger partial charge on any atom is 0.327 e. The summed E-state index contributed by atoms with van der Waals surface area (Å²) in [5.74, 6) is -1.84. The number of nitrogens with one attached hydrogen (secondary N) is 1. The molecule has 3 heterocycles. The fraction of sp³-hybridized carbons (Fsp3) is 0.368. The number of aromatic nitrogens is 1. The largest absolute Gasteiger partial charge is 0.480 e. The van der Waals surface area contributed by atoms with Gasteiger partial charge in [-0.1, -0.05) is 34.4 Å². The normalized spacial score (nSPS) is 24.4. The van der Waals surface area contributed by atoms with Gasteiger partial charge in [0.05, 0.1) is 10.0 Å². The number of amides is 2. The zero-order chi connectivity index (χ0) is 22.0. The SMILES string of the molecule is Cc1onc(-c2c(Cl)cccc2Cl)c1C(=O)NC1C(=O)N2[C@@H]1SC(C)(C)[C@@H]2C(=O)O. The van der Waals surface area contributed by atoms with Gasteiger partial charge in [-0.3, -0.25) is 9.59 Å². The van der Waals surface area contributed by atoms with Crippen molar-refractivity contribution in [2.45, 2.75) is 43.0 Å². The number of carbonyl (C=O) groups is 3. The first-order chi connectivity index (χ1) is 14.0. The van der Waals surface area contributed by atoms with Crippen molar-refractivity contribution in [3.63, 3.8) is 0 Å². The minimum atomic E-state index is -1.07. The van der Waals surface area contributed by atoms with Crippen LogP contribution in [-0.2, 0) is 9.59 Å². The molecule has 0 bridgehead atoms. The standard InChI is InChI=1S/C19H17Cl2N3O5S/c1-7-10(12(23-29-7)11-8(20)5-4-6-9(11)21)15(25)22-13-16(26)24-14(18(27)28)19(2,3)30-17(13)24/h4-6,13-14,17H,1-3H3,(H,22,25)(H,27,28)/t13?,14-,17+/m0/s1. The average Bonchev–Trinajstić information content (AvgIpc) is 3.14. The van der Waals surface area contributed by atoms with Crippen LogP contribution in [0.5, 0.6) is 0 Å². The Morgan fingerprint density at radius 2 is 1.93 bits per heavy atom. The number of β-lactam (4-membered cyclic amide) rings is 1. The van der Waals surface area contributed by atoms with Gasteiger partial charge in [-0.2, -0.15) is 0 Å². The molecule has 4 rings (SSSR count). The van der Waals surface area contributed by atoms with Gasteiger partial charge < -0.3 is 19.8 Å². The molecule has 2 fully saturated rings. The Morgan fingerprint density at radius 3 is 2.53 bits per heavy atom. The van der Waals surface area contributed by atoms with E-state index < -0.39 is 40.0 Å². The number of aryl methyl sites for hydroxylation is 1. The lowest BCUT2D eigenvalue weighted by Crippen LogP contribution is -2.70. The first-order valence-electron chi connectivity index (χ1n) is 8.99. The Bertz CT molecular complexity index is 1070. The highest BCUT2D eigenvalue weighted by atomic mass is 35.5. The molecule has 30 heavy (non-hydrogen) atoms. The highest BCUT2D eigenvalue weighted by Crippen LogP contribution is 2.51. The van der Waals surface area contributed by atoms with Crippen LogP contribution in [0.3, 0.4) is 0 Å². The van der Waals surface area contributed by atoms with Gasteiger partial charge in [0, 0.05) is 10.3 Å². The molecular weight excluding hydrogens is 453 g/mol. The minimum absolute atomic E-state index is 0.119. The van der Waals surface area contributed by atoms with E-state index in [2.05, 4.69) is 10.5 Å². The fourth-order valence-electron chi connectivity index (χ4n) is 3.89. The summed E-state index contributed by atoms with van der Waals surface area (Å²) in [7, 11) is 0. The topological polar surface area (TPSA) is 113 Å². The number of halogens is 2. The van der Waals surface area contributed by atoms with E-state index in [1.54, 1.807) is 39.0 Å². The molecule has 158 valence electrons.